The summed E-state index contributed by atoms with van der Waals surface area (Å²) in [6.45, 7) is 11.7. The third-order valence-corrected chi connectivity index (χ3v) is 11.2. The van der Waals surface area contributed by atoms with Gasteiger partial charge in [-0.2, -0.15) is 0 Å². The average molecular weight is 664 g/mol. The quantitative estimate of drug-likeness (QED) is 0.197. The van der Waals surface area contributed by atoms with Crippen LogP contribution in [-0.4, -0.2) is 88.1 Å². The monoisotopic (exact) mass is 663 g/mol. The first-order valence-corrected chi connectivity index (χ1v) is 17.9. The van der Waals surface area contributed by atoms with Gasteiger partial charge in [0.1, 0.15) is 17.7 Å². The molecular formula is C38H53N3O7. The van der Waals surface area contributed by atoms with E-state index in [-0.39, 0.29) is 49.3 Å². The summed E-state index contributed by atoms with van der Waals surface area (Å²) in [5, 5.41) is 13.6. The Morgan fingerprint density at radius 2 is 1.88 bits per heavy atom. The maximum Gasteiger partial charge on any atom is 0.313 e. The van der Waals surface area contributed by atoms with E-state index < -0.39 is 47.7 Å². The van der Waals surface area contributed by atoms with Gasteiger partial charge in [-0.3, -0.25) is 19.2 Å². The molecule has 4 aliphatic rings. The Kier molecular flexibility index (Phi) is 11.8. The van der Waals surface area contributed by atoms with Crippen molar-refractivity contribution in [3.63, 3.8) is 0 Å². The first-order chi connectivity index (χ1) is 23.2. The van der Waals surface area contributed by atoms with Gasteiger partial charge in [0.25, 0.3) is 0 Å². The molecule has 4 fully saturated rings. The van der Waals surface area contributed by atoms with Gasteiger partial charge in [0, 0.05) is 19.0 Å². The smallest absolute Gasteiger partial charge is 0.313 e. The van der Waals surface area contributed by atoms with E-state index in [1.54, 1.807) is 17.1 Å². The van der Waals surface area contributed by atoms with E-state index in [4.69, 9.17) is 9.47 Å². The number of ether oxygens (including phenoxy) is 2. The number of likely N-dealkylation sites (tertiary alicyclic amines) is 1. The second-order valence-electron chi connectivity index (χ2n) is 14.0. The summed E-state index contributed by atoms with van der Waals surface area (Å²) in [6, 6.07) is 7.65. The number of carbonyl (C=O) groups is 4. The Balaban J connectivity index is 1.48. The van der Waals surface area contributed by atoms with E-state index in [1.807, 2.05) is 49.1 Å². The molecule has 1 aromatic rings. The van der Waals surface area contributed by atoms with Crippen molar-refractivity contribution in [1.82, 2.24) is 15.1 Å². The molecule has 1 aromatic carbocycles. The summed E-state index contributed by atoms with van der Waals surface area (Å²) in [5.74, 6) is -3.24. The lowest BCUT2D eigenvalue weighted by molar-refractivity contribution is -0.161. The van der Waals surface area contributed by atoms with Crippen molar-refractivity contribution in [3.05, 3.63) is 61.2 Å². The van der Waals surface area contributed by atoms with E-state index >= 15 is 0 Å². The number of amides is 3. The molecule has 48 heavy (non-hydrogen) atoms. The highest BCUT2D eigenvalue weighted by atomic mass is 16.6. The number of carbonyl (C=O) groups excluding carboxylic acids is 4. The molecule has 10 heteroatoms. The van der Waals surface area contributed by atoms with Gasteiger partial charge in [0.15, 0.2) is 0 Å². The highest BCUT2D eigenvalue weighted by molar-refractivity contribution is 5.98. The summed E-state index contributed by atoms with van der Waals surface area (Å²) in [5.41, 5.74) is -0.496. The zero-order valence-electron chi connectivity index (χ0n) is 28.6. The maximum atomic E-state index is 14.9. The van der Waals surface area contributed by atoms with Gasteiger partial charge in [0.05, 0.1) is 37.1 Å². The predicted octanol–water partition coefficient (Wildman–Crippen LogP) is 4.48. The van der Waals surface area contributed by atoms with Crippen molar-refractivity contribution in [3.8, 4) is 0 Å². The number of hydrogen-bond acceptors (Lipinski definition) is 7. The van der Waals surface area contributed by atoms with Crippen LogP contribution in [0.2, 0.25) is 0 Å². The summed E-state index contributed by atoms with van der Waals surface area (Å²) in [6.07, 6.45) is 9.45. The molecule has 5 rings (SSSR count). The average Bonchev–Trinajstić information content (AvgIpc) is 3.76. The van der Waals surface area contributed by atoms with Gasteiger partial charge < -0.3 is 29.7 Å². The van der Waals surface area contributed by atoms with Crippen LogP contribution >= 0.6 is 0 Å². The van der Waals surface area contributed by atoms with Crippen LogP contribution in [0.1, 0.15) is 89.7 Å². The van der Waals surface area contributed by atoms with Gasteiger partial charge in [-0.05, 0) is 43.6 Å². The molecule has 0 radical (unpaired) electrons. The van der Waals surface area contributed by atoms with Crippen LogP contribution < -0.4 is 5.32 Å². The number of rotatable bonds is 16. The number of nitrogens with one attached hydrogen (secondary N) is 1. The fourth-order valence-corrected chi connectivity index (χ4v) is 8.56. The van der Waals surface area contributed by atoms with E-state index in [2.05, 4.69) is 18.5 Å². The van der Waals surface area contributed by atoms with Gasteiger partial charge in [0.2, 0.25) is 17.7 Å². The van der Waals surface area contributed by atoms with E-state index in [0.29, 0.717) is 37.8 Å². The molecule has 3 aliphatic heterocycles. The lowest BCUT2D eigenvalue weighted by atomic mass is 9.70. The lowest BCUT2D eigenvalue weighted by Gasteiger charge is -2.43. The molecule has 3 heterocycles. The van der Waals surface area contributed by atoms with E-state index in [1.165, 1.54) is 0 Å². The minimum absolute atomic E-state index is 0.0283. The number of aliphatic hydroxyl groups is 1. The van der Waals surface area contributed by atoms with Crippen LogP contribution in [-0.2, 0) is 28.7 Å². The molecule has 262 valence electrons. The Labute approximate surface area is 284 Å². The number of aliphatic hydroxyl groups excluding tert-OH is 1. The fourth-order valence-electron chi connectivity index (χ4n) is 8.56. The minimum Gasteiger partial charge on any atom is -0.455 e. The number of hydrogen-bond donors (Lipinski definition) is 2. The normalized spacial score (nSPS) is 28.3. The third-order valence-electron chi connectivity index (χ3n) is 11.2. The summed E-state index contributed by atoms with van der Waals surface area (Å²) in [4.78, 5) is 59.8. The standard InChI is InChI=1S/C38H53N3O7/c1-5-8-19-31(43)39-23-30(26-15-11-9-12-16-26)47-37(46)32-29-20-21-38(48-29)33(32)35(44)41(28(24-42)25(4)7-3)34(38)36(45)40(22-6-2)27-17-13-10-14-18-27/h5-6,9,11-12,15-16,25,27-30,32-34,42H,1-2,7-8,10,13-14,17-24H2,3-4H3,(H,39,43)/t25-,28-,29+,30-,32-,33-,34+,38-/m0/s1. The Hall–Kier alpha value is -3.50. The molecular weight excluding hydrogens is 610 g/mol. The molecule has 3 amide bonds. The van der Waals surface area contributed by atoms with Crippen LogP contribution in [0.15, 0.2) is 55.6 Å². The highest BCUT2D eigenvalue weighted by Gasteiger charge is 2.76. The van der Waals surface area contributed by atoms with Crippen molar-refractivity contribution in [2.24, 2.45) is 17.8 Å². The Morgan fingerprint density at radius 3 is 2.52 bits per heavy atom. The highest BCUT2D eigenvalue weighted by Crippen LogP contribution is 2.59. The SMILES string of the molecule is C=CCCC(=O)NC[C@H](OC(=O)[C@@H]1[C@H]2C(=O)N([C@@H](CO)[C@@H](C)CC)[C@H](C(=O)N(CC=C)C3CCCCC3)[C@]23CC[C@H]1O3)c1ccccc1. The molecule has 2 N–H and O–H groups in total. The number of benzene rings is 1. The fraction of sp³-hybridized carbons (Fsp3) is 0.632. The molecule has 1 spiro atoms. The minimum atomic E-state index is -1.21. The molecule has 2 bridgehead atoms. The first kappa shape index (κ1) is 35.8. The first-order valence-electron chi connectivity index (χ1n) is 17.9. The molecule has 1 aliphatic carbocycles. The Morgan fingerprint density at radius 1 is 1.15 bits per heavy atom. The van der Waals surface area contributed by atoms with Gasteiger partial charge >= 0.3 is 5.97 Å². The molecule has 0 unspecified atom stereocenters. The predicted molar refractivity (Wildman–Crippen MR) is 181 cm³/mol. The second-order valence-corrected chi connectivity index (χ2v) is 14.0. The van der Waals surface area contributed by atoms with Gasteiger partial charge in [-0.1, -0.05) is 82.0 Å². The van der Waals surface area contributed by atoms with Crippen LogP contribution in [0.5, 0.6) is 0 Å². The van der Waals surface area contributed by atoms with Crippen LogP contribution in [0.4, 0.5) is 0 Å². The zero-order valence-corrected chi connectivity index (χ0v) is 28.6. The van der Waals surface area contributed by atoms with Crippen LogP contribution in [0, 0.1) is 17.8 Å². The van der Waals surface area contributed by atoms with Crippen molar-refractivity contribution in [2.45, 2.75) is 114 Å². The molecule has 8 atom stereocenters. The van der Waals surface area contributed by atoms with Crippen molar-refractivity contribution in [2.75, 3.05) is 19.7 Å². The number of esters is 1. The second kappa shape index (κ2) is 15.8. The molecule has 10 nitrogen and oxygen atoms in total. The molecule has 3 saturated heterocycles. The third kappa shape index (κ3) is 6.83. The number of nitrogens with zero attached hydrogens (tertiary/aromatic N) is 2. The number of allylic oxidation sites excluding steroid dienone is 1. The Bertz CT molecular complexity index is 1330. The summed E-state index contributed by atoms with van der Waals surface area (Å²) < 4.78 is 12.9. The van der Waals surface area contributed by atoms with Crippen LogP contribution in [0.25, 0.3) is 0 Å². The zero-order chi connectivity index (χ0) is 34.4. The van der Waals surface area contributed by atoms with E-state index in [0.717, 1.165) is 32.1 Å². The maximum absolute atomic E-state index is 14.9. The molecule has 0 aromatic heterocycles. The summed E-state index contributed by atoms with van der Waals surface area (Å²) >= 11 is 0. The van der Waals surface area contributed by atoms with Gasteiger partial charge in [-0.15, -0.1) is 13.2 Å². The topological polar surface area (TPSA) is 125 Å². The largest absolute Gasteiger partial charge is 0.455 e. The van der Waals surface area contributed by atoms with Crippen molar-refractivity contribution in [1.29, 1.82) is 0 Å². The lowest BCUT2D eigenvalue weighted by Crippen LogP contribution is -2.61. The van der Waals surface area contributed by atoms with E-state index in [9.17, 15) is 24.3 Å². The summed E-state index contributed by atoms with van der Waals surface area (Å²) in [7, 11) is 0. The molecule has 1 saturated carbocycles. The van der Waals surface area contributed by atoms with Crippen LogP contribution in [0.3, 0.4) is 0 Å². The number of fused-ring (bicyclic) bond motifs is 1. The van der Waals surface area contributed by atoms with Crippen molar-refractivity contribution >= 4 is 23.7 Å². The van der Waals surface area contributed by atoms with Crippen molar-refractivity contribution < 1.29 is 33.8 Å². The van der Waals surface area contributed by atoms with Gasteiger partial charge in [-0.25, -0.2) is 0 Å².